The number of fused-ring (bicyclic) bond motifs is 1. The van der Waals surface area contributed by atoms with Crippen LogP contribution in [0.2, 0.25) is 5.02 Å². The molecule has 1 aromatic carbocycles. The van der Waals surface area contributed by atoms with E-state index in [0.717, 1.165) is 0 Å². The molecule has 0 spiro atoms. The minimum absolute atomic E-state index is 0.184. The van der Waals surface area contributed by atoms with Crippen LogP contribution in [0.15, 0.2) is 48.8 Å². The van der Waals surface area contributed by atoms with Crippen LogP contribution in [0.5, 0.6) is 0 Å². The van der Waals surface area contributed by atoms with Crippen LogP contribution in [0.4, 0.5) is 10.5 Å². The van der Waals surface area contributed by atoms with Crippen molar-refractivity contribution >= 4 is 40.7 Å². The van der Waals surface area contributed by atoms with Crippen LogP contribution >= 0.6 is 11.6 Å². The molecule has 8 nitrogen and oxygen atoms in total. The quantitative estimate of drug-likeness (QED) is 0.650. The molecule has 1 aliphatic rings. The first kappa shape index (κ1) is 18.9. The number of pyridine rings is 1. The number of halogens is 1. The second-order valence-corrected chi connectivity index (χ2v) is 7.08. The van der Waals surface area contributed by atoms with Crippen LogP contribution in [0.25, 0.3) is 5.65 Å². The van der Waals surface area contributed by atoms with E-state index in [-0.39, 0.29) is 18.2 Å². The number of rotatable bonds is 5. The lowest BCUT2D eigenvalue weighted by atomic mass is 10.1. The molecule has 0 radical (unpaired) electrons. The van der Waals surface area contributed by atoms with Gasteiger partial charge in [-0.25, -0.2) is 9.78 Å². The molecule has 2 aromatic heterocycles. The number of carbonyl (C=O) groups excluding carboxylic acids is 3. The number of anilines is 1. The number of ketones is 1. The zero-order chi connectivity index (χ0) is 20.5. The fourth-order valence-corrected chi connectivity index (χ4v) is 3.32. The van der Waals surface area contributed by atoms with Crippen molar-refractivity contribution in [1.82, 2.24) is 14.7 Å². The maximum atomic E-state index is 12.9. The van der Waals surface area contributed by atoms with Gasteiger partial charge in [0.05, 0.1) is 24.3 Å². The van der Waals surface area contributed by atoms with Crippen molar-refractivity contribution in [3.05, 3.63) is 65.1 Å². The second-order valence-electron chi connectivity index (χ2n) is 6.65. The Morgan fingerprint density at radius 1 is 1.24 bits per heavy atom. The summed E-state index contributed by atoms with van der Waals surface area (Å²) in [5.74, 6) is -0.394. The average molecular weight is 413 g/mol. The van der Waals surface area contributed by atoms with Gasteiger partial charge in [0, 0.05) is 24.4 Å². The van der Waals surface area contributed by atoms with Gasteiger partial charge in [-0.2, -0.15) is 0 Å². The summed E-state index contributed by atoms with van der Waals surface area (Å²) in [6, 6.07) is 10.1. The smallest absolute Gasteiger partial charge is 0.414 e. The van der Waals surface area contributed by atoms with Crippen molar-refractivity contribution in [2.45, 2.75) is 13.0 Å². The number of nitrogens with zero attached hydrogens (tertiary/aromatic N) is 3. The van der Waals surface area contributed by atoms with Crippen LogP contribution in [-0.2, 0) is 9.53 Å². The number of aromatic nitrogens is 2. The van der Waals surface area contributed by atoms with Gasteiger partial charge in [0.15, 0.2) is 0 Å². The maximum absolute atomic E-state index is 12.9. The lowest BCUT2D eigenvalue weighted by Gasteiger charge is -2.13. The van der Waals surface area contributed by atoms with Crippen LogP contribution in [0.1, 0.15) is 23.0 Å². The van der Waals surface area contributed by atoms with Crippen molar-refractivity contribution in [2.75, 3.05) is 18.0 Å². The molecule has 4 rings (SSSR count). The highest BCUT2D eigenvalue weighted by Crippen LogP contribution is 2.23. The number of ether oxygens (including phenoxy) is 1. The fourth-order valence-electron chi connectivity index (χ4n) is 3.16. The summed E-state index contributed by atoms with van der Waals surface area (Å²) >= 11 is 6.02. The average Bonchev–Trinajstić information content (AvgIpc) is 3.29. The predicted octanol–water partition coefficient (Wildman–Crippen LogP) is 2.68. The number of hydrogen-bond acceptors (Lipinski definition) is 5. The Hall–Kier alpha value is -3.39. The molecule has 3 aromatic rings. The van der Waals surface area contributed by atoms with Crippen molar-refractivity contribution < 1.29 is 19.1 Å². The van der Waals surface area contributed by atoms with Gasteiger partial charge in [0.1, 0.15) is 17.4 Å². The van der Waals surface area contributed by atoms with Gasteiger partial charge in [0.2, 0.25) is 11.7 Å². The van der Waals surface area contributed by atoms with Gasteiger partial charge in [0.25, 0.3) is 0 Å². The van der Waals surface area contributed by atoms with Crippen LogP contribution in [0, 0.1) is 0 Å². The molecule has 1 aliphatic heterocycles. The summed E-state index contributed by atoms with van der Waals surface area (Å²) < 4.78 is 6.90. The molecule has 2 amide bonds. The number of amides is 2. The SMILES string of the molecule is CC(=O)NC[C@H]1CN(c2ccc(C(=O)c3cnc4ccc(Cl)cn34)cc2)C(=O)O1. The molecular formula is C20H17ClN4O4. The highest BCUT2D eigenvalue weighted by atomic mass is 35.5. The zero-order valence-corrected chi connectivity index (χ0v) is 16.2. The normalized spacial score (nSPS) is 16.1. The van der Waals surface area contributed by atoms with E-state index < -0.39 is 12.2 Å². The van der Waals surface area contributed by atoms with E-state index in [1.807, 2.05) is 0 Å². The number of imidazole rings is 1. The molecule has 1 atom stereocenters. The minimum atomic E-state index is -0.490. The molecule has 1 N–H and O–H groups in total. The Kier molecular flexibility index (Phi) is 4.94. The summed E-state index contributed by atoms with van der Waals surface area (Å²) in [7, 11) is 0. The van der Waals surface area contributed by atoms with Gasteiger partial charge >= 0.3 is 6.09 Å². The van der Waals surface area contributed by atoms with E-state index in [1.165, 1.54) is 18.0 Å². The van der Waals surface area contributed by atoms with Gasteiger partial charge in [-0.1, -0.05) is 11.6 Å². The molecule has 0 unspecified atom stereocenters. The Morgan fingerprint density at radius 2 is 2.00 bits per heavy atom. The summed E-state index contributed by atoms with van der Waals surface area (Å²) in [5.41, 5.74) is 2.08. The molecule has 3 heterocycles. The number of nitrogens with one attached hydrogen (secondary N) is 1. The number of hydrogen-bond donors (Lipinski definition) is 1. The van der Waals surface area contributed by atoms with E-state index in [9.17, 15) is 14.4 Å². The van der Waals surface area contributed by atoms with Crippen molar-refractivity contribution in [2.24, 2.45) is 0 Å². The molecule has 1 saturated heterocycles. The third-order valence-corrected chi connectivity index (χ3v) is 4.82. The molecule has 29 heavy (non-hydrogen) atoms. The van der Waals surface area contributed by atoms with Crippen LogP contribution < -0.4 is 10.2 Å². The lowest BCUT2D eigenvalue weighted by Crippen LogP contribution is -2.33. The second kappa shape index (κ2) is 7.56. The first-order valence-corrected chi connectivity index (χ1v) is 9.30. The highest BCUT2D eigenvalue weighted by Gasteiger charge is 2.32. The predicted molar refractivity (Wildman–Crippen MR) is 106 cm³/mol. The van der Waals surface area contributed by atoms with E-state index in [4.69, 9.17) is 16.3 Å². The number of benzene rings is 1. The van der Waals surface area contributed by atoms with E-state index in [2.05, 4.69) is 10.3 Å². The first-order chi connectivity index (χ1) is 13.9. The molecule has 1 fully saturated rings. The molecule has 148 valence electrons. The van der Waals surface area contributed by atoms with Gasteiger partial charge in [-0.15, -0.1) is 0 Å². The third-order valence-electron chi connectivity index (χ3n) is 4.60. The Morgan fingerprint density at radius 3 is 2.72 bits per heavy atom. The van der Waals surface area contributed by atoms with E-state index in [0.29, 0.717) is 34.2 Å². The zero-order valence-electron chi connectivity index (χ0n) is 15.5. The summed E-state index contributed by atoms with van der Waals surface area (Å²) in [6.07, 6.45) is 2.24. The van der Waals surface area contributed by atoms with Gasteiger partial charge in [-0.05, 0) is 36.4 Å². The third kappa shape index (κ3) is 3.79. The monoisotopic (exact) mass is 412 g/mol. The Balaban J connectivity index is 1.52. The lowest BCUT2D eigenvalue weighted by molar-refractivity contribution is -0.119. The number of cyclic esters (lactones) is 1. The van der Waals surface area contributed by atoms with Crippen molar-refractivity contribution in [3.8, 4) is 0 Å². The summed E-state index contributed by atoms with van der Waals surface area (Å²) in [5, 5.41) is 3.13. The van der Waals surface area contributed by atoms with Crippen molar-refractivity contribution in [1.29, 1.82) is 0 Å². The van der Waals surface area contributed by atoms with E-state index >= 15 is 0 Å². The topological polar surface area (TPSA) is 93.0 Å². The standard InChI is InChI=1S/C20H17ClN4O4/c1-12(26)22-8-16-11-24(20(28)29-16)15-5-2-13(3-6-15)19(27)17-9-23-18-7-4-14(21)10-25(17)18/h2-7,9-10,16H,8,11H2,1H3,(H,22,26)/t16-/m0/s1. The number of carbonyl (C=O) groups is 3. The molecule has 0 aliphatic carbocycles. The van der Waals surface area contributed by atoms with Crippen LogP contribution in [-0.4, -0.2) is 46.4 Å². The van der Waals surface area contributed by atoms with Gasteiger partial charge in [-0.3, -0.25) is 18.9 Å². The van der Waals surface area contributed by atoms with Crippen molar-refractivity contribution in [3.63, 3.8) is 0 Å². The fraction of sp³-hybridized carbons (Fsp3) is 0.200. The molecule has 0 bridgehead atoms. The first-order valence-electron chi connectivity index (χ1n) is 8.92. The van der Waals surface area contributed by atoms with E-state index in [1.54, 1.807) is 47.0 Å². The molecule has 9 heteroatoms. The molecule has 0 saturated carbocycles. The Bertz CT molecular complexity index is 1110. The summed E-state index contributed by atoms with van der Waals surface area (Å²) in [4.78, 5) is 41.7. The largest absolute Gasteiger partial charge is 0.442 e. The summed E-state index contributed by atoms with van der Waals surface area (Å²) in [6.45, 7) is 1.98. The Labute approximate surface area is 171 Å². The van der Waals surface area contributed by atoms with Crippen LogP contribution in [0.3, 0.4) is 0 Å². The van der Waals surface area contributed by atoms with Gasteiger partial charge < -0.3 is 10.1 Å². The maximum Gasteiger partial charge on any atom is 0.414 e. The highest BCUT2D eigenvalue weighted by molar-refractivity contribution is 6.30. The minimum Gasteiger partial charge on any atom is -0.442 e. The molecular weight excluding hydrogens is 396 g/mol.